The van der Waals surface area contributed by atoms with E-state index in [-0.39, 0.29) is 0 Å². The van der Waals surface area contributed by atoms with E-state index in [2.05, 4.69) is 44.2 Å². The van der Waals surface area contributed by atoms with Crippen molar-refractivity contribution >= 4 is 0 Å². The van der Waals surface area contributed by atoms with Gasteiger partial charge in [-0.15, -0.1) is 0 Å². The first kappa shape index (κ1) is 16.2. The van der Waals surface area contributed by atoms with Gasteiger partial charge in [0.2, 0.25) is 0 Å². The highest BCUT2D eigenvalue weighted by atomic mass is 14.0. The maximum atomic E-state index is 2.31. The predicted octanol–water partition coefficient (Wildman–Crippen LogP) is 5.86. The second kappa shape index (κ2) is 11.7. The Morgan fingerprint density at radius 3 is 2.00 bits per heavy atom. The smallest absolute Gasteiger partial charge is 0.0279 e. The van der Waals surface area contributed by atoms with E-state index in [1.807, 2.05) is 13.8 Å². The van der Waals surface area contributed by atoms with E-state index in [4.69, 9.17) is 0 Å². The van der Waals surface area contributed by atoms with Crippen molar-refractivity contribution in [3.8, 4) is 0 Å². The quantitative estimate of drug-likeness (QED) is 0.518. The molecule has 0 fully saturated rings. The Morgan fingerprint density at radius 1 is 0.824 bits per heavy atom. The van der Waals surface area contributed by atoms with Crippen molar-refractivity contribution in [1.82, 2.24) is 0 Å². The Morgan fingerprint density at radius 2 is 1.41 bits per heavy atom. The molecule has 1 aromatic rings. The third kappa shape index (κ3) is 10.1. The Hall–Kier alpha value is -0.780. The van der Waals surface area contributed by atoms with Gasteiger partial charge < -0.3 is 0 Å². The molecular weight excluding hydrogens is 204 g/mol. The number of unbranched alkanes of at least 4 members (excludes halogenated alkanes) is 3. The molecule has 0 nitrogen and oxygen atoms in total. The molecule has 0 aromatic heterocycles. The number of hydrogen-bond acceptors (Lipinski definition) is 0. The Kier molecular flexibility index (Phi) is 11.2. The Bertz CT molecular complexity index is 235. The van der Waals surface area contributed by atoms with Crippen molar-refractivity contribution in [3.05, 3.63) is 35.9 Å². The number of rotatable bonds is 7. The second-order valence-corrected chi connectivity index (χ2v) is 4.83. The van der Waals surface area contributed by atoms with Crippen LogP contribution >= 0.6 is 0 Å². The summed E-state index contributed by atoms with van der Waals surface area (Å²) in [6.45, 7) is 8.62. The van der Waals surface area contributed by atoms with Crippen LogP contribution in [0.15, 0.2) is 30.3 Å². The van der Waals surface area contributed by atoms with Crippen LogP contribution in [-0.2, 0) is 6.42 Å². The number of hydrogen-bond donors (Lipinski definition) is 0. The molecule has 0 bridgehead atoms. The highest BCUT2D eigenvalue weighted by molar-refractivity contribution is 5.14. The van der Waals surface area contributed by atoms with Crippen LogP contribution in [0.4, 0.5) is 0 Å². The minimum Gasteiger partial charge on any atom is -0.0683 e. The first-order valence-electron chi connectivity index (χ1n) is 7.33. The van der Waals surface area contributed by atoms with Gasteiger partial charge in [0.1, 0.15) is 0 Å². The summed E-state index contributed by atoms with van der Waals surface area (Å²) < 4.78 is 0. The molecule has 0 aliphatic carbocycles. The lowest BCUT2D eigenvalue weighted by molar-refractivity contribution is 0.520. The lowest BCUT2D eigenvalue weighted by Crippen LogP contribution is -1.88. The molecule has 0 atom stereocenters. The van der Waals surface area contributed by atoms with Gasteiger partial charge in [0.15, 0.2) is 0 Å². The molecular formula is C17H30. The second-order valence-electron chi connectivity index (χ2n) is 4.83. The minimum atomic E-state index is 0.874. The van der Waals surface area contributed by atoms with E-state index < -0.39 is 0 Å². The molecule has 0 spiro atoms. The van der Waals surface area contributed by atoms with E-state index in [1.54, 1.807) is 0 Å². The summed E-state index contributed by atoms with van der Waals surface area (Å²) in [5.74, 6) is 0.874. The standard InChI is InChI=1S/C15H24.C2H6/c1-14(2)10-6-3-4-7-11-15-12-8-5-9-13-15;1-2/h5,8-9,12-14H,3-4,6-7,10-11H2,1-2H3;1-2H3. The van der Waals surface area contributed by atoms with Crippen molar-refractivity contribution in [2.24, 2.45) is 5.92 Å². The van der Waals surface area contributed by atoms with Crippen LogP contribution in [0.3, 0.4) is 0 Å². The number of benzene rings is 1. The van der Waals surface area contributed by atoms with E-state index in [0.717, 1.165) is 5.92 Å². The fourth-order valence-corrected chi connectivity index (χ4v) is 1.88. The van der Waals surface area contributed by atoms with Crippen LogP contribution in [0.1, 0.15) is 65.4 Å². The topological polar surface area (TPSA) is 0 Å². The first-order valence-corrected chi connectivity index (χ1v) is 7.33. The Balaban J connectivity index is 0.00000121. The summed E-state index contributed by atoms with van der Waals surface area (Å²) in [6.07, 6.45) is 8.20. The SMILES string of the molecule is CC.CC(C)CCCCCCc1ccccc1. The van der Waals surface area contributed by atoms with Gasteiger partial charge in [-0.1, -0.05) is 83.7 Å². The molecule has 17 heavy (non-hydrogen) atoms. The maximum absolute atomic E-state index is 2.31. The molecule has 1 rings (SSSR count). The molecule has 0 unspecified atom stereocenters. The van der Waals surface area contributed by atoms with Crippen molar-refractivity contribution in [2.45, 2.75) is 66.2 Å². The summed E-state index contributed by atoms with van der Waals surface area (Å²) in [5.41, 5.74) is 1.49. The fourth-order valence-electron chi connectivity index (χ4n) is 1.88. The van der Waals surface area contributed by atoms with Crippen molar-refractivity contribution < 1.29 is 0 Å². The lowest BCUT2D eigenvalue weighted by atomic mass is 10.0. The molecule has 0 heterocycles. The molecule has 0 radical (unpaired) electrons. The zero-order valence-corrected chi connectivity index (χ0v) is 12.2. The lowest BCUT2D eigenvalue weighted by Gasteiger charge is -2.04. The zero-order chi connectivity index (χ0) is 12.9. The van der Waals surface area contributed by atoms with Crippen molar-refractivity contribution in [3.63, 3.8) is 0 Å². The fraction of sp³-hybridized carbons (Fsp3) is 0.647. The summed E-state index contributed by atoms with van der Waals surface area (Å²) in [7, 11) is 0. The van der Waals surface area contributed by atoms with Crippen LogP contribution in [0.5, 0.6) is 0 Å². The van der Waals surface area contributed by atoms with Gasteiger partial charge in [-0.3, -0.25) is 0 Å². The Labute approximate surface area is 108 Å². The molecule has 0 saturated carbocycles. The maximum Gasteiger partial charge on any atom is -0.0279 e. The van der Waals surface area contributed by atoms with Gasteiger partial charge in [-0.05, 0) is 24.3 Å². The predicted molar refractivity (Wildman–Crippen MR) is 79.4 cm³/mol. The molecule has 0 saturated heterocycles. The zero-order valence-electron chi connectivity index (χ0n) is 12.2. The van der Waals surface area contributed by atoms with Gasteiger partial charge in [0.25, 0.3) is 0 Å². The highest BCUT2D eigenvalue weighted by Crippen LogP contribution is 2.11. The minimum absolute atomic E-state index is 0.874. The van der Waals surface area contributed by atoms with E-state index in [1.165, 1.54) is 44.1 Å². The third-order valence-electron chi connectivity index (χ3n) is 2.84. The molecule has 0 heteroatoms. The van der Waals surface area contributed by atoms with Crippen LogP contribution < -0.4 is 0 Å². The molecule has 0 amide bonds. The third-order valence-corrected chi connectivity index (χ3v) is 2.84. The van der Waals surface area contributed by atoms with Gasteiger partial charge >= 0.3 is 0 Å². The molecule has 0 N–H and O–H groups in total. The van der Waals surface area contributed by atoms with E-state index >= 15 is 0 Å². The molecule has 0 aliphatic rings. The number of aryl methyl sites for hydroxylation is 1. The highest BCUT2D eigenvalue weighted by Gasteiger charge is 1.95. The van der Waals surface area contributed by atoms with Gasteiger partial charge in [0.05, 0.1) is 0 Å². The van der Waals surface area contributed by atoms with E-state index in [0.29, 0.717) is 0 Å². The van der Waals surface area contributed by atoms with Crippen LogP contribution in [0.25, 0.3) is 0 Å². The molecule has 98 valence electrons. The monoisotopic (exact) mass is 234 g/mol. The average Bonchev–Trinajstić information content (AvgIpc) is 2.37. The summed E-state index contributed by atoms with van der Waals surface area (Å²) in [5, 5.41) is 0. The average molecular weight is 234 g/mol. The van der Waals surface area contributed by atoms with Crippen LogP contribution in [0.2, 0.25) is 0 Å². The van der Waals surface area contributed by atoms with Gasteiger partial charge in [-0.2, -0.15) is 0 Å². The largest absolute Gasteiger partial charge is 0.0683 e. The summed E-state index contributed by atoms with van der Waals surface area (Å²) >= 11 is 0. The first-order chi connectivity index (χ1) is 8.29. The van der Waals surface area contributed by atoms with Gasteiger partial charge in [-0.25, -0.2) is 0 Å². The summed E-state index contributed by atoms with van der Waals surface area (Å²) in [6, 6.07) is 10.8. The molecule has 1 aromatic carbocycles. The van der Waals surface area contributed by atoms with Gasteiger partial charge in [0, 0.05) is 0 Å². The van der Waals surface area contributed by atoms with Crippen LogP contribution in [0, 0.1) is 5.92 Å². The van der Waals surface area contributed by atoms with E-state index in [9.17, 15) is 0 Å². The summed E-state index contributed by atoms with van der Waals surface area (Å²) in [4.78, 5) is 0. The van der Waals surface area contributed by atoms with Crippen molar-refractivity contribution in [2.75, 3.05) is 0 Å². The molecule has 0 aliphatic heterocycles. The normalized spacial score (nSPS) is 9.94. The van der Waals surface area contributed by atoms with Crippen LogP contribution in [-0.4, -0.2) is 0 Å². The van der Waals surface area contributed by atoms with Crippen molar-refractivity contribution in [1.29, 1.82) is 0 Å².